The smallest absolute Gasteiger partial charge is 0.326 e. The molecule has 0 radical (unpaired) electrons. The molecule has 1 fully saturated rings. The van der Waals surface area contributed by atoms with Crippen LogP contribution < -0.4 is 5.32 Å². The number of carbonyl (C=O) groups excluding carboxylic acids is 1. The highest BCUT2D eigenvalue weighted by Crippen LogP contribution is 2.36. The number of hydrogen-bond acceptors (Lipinski definition) is 4. The Morgan fingerprint density at radius 2 is 2.45 bits per heavy atom. The van der Waals surface area contributed by atoms with E-state index in [9.17, 15) is 4.79 Å². The van der Waals surface area contributed by atoms with Gasteiger partial charge in [-0.2, -0.15) is 5.10 Å². The van der Waals surface area contributed by atoms with Gasteiger partial charge in [-0.3, -0.25) is 9.48 Å². The number of hydrogen-bond donors (Lipinski definition) is 1. The molecule has 2 unspecified atom stereocenters. The third kappa shape index (κ3) is 2.83. The predicted molar refractivity (Wildman–Crippen MR) is 77.9 cm³/mol. The normalized spacial score (nSPS) is 26.5. The summed E-state index contributed by atoms with van der Waals surface area (Å²) in [6, 6.07) is 0.174. The molecule has 2 atom stereocenters. The fourth-order valence-electron chi connectivity index (χ4n) is 3.07. The quantitative estimate of drug-likeness (QED) is 0.868. The van der Waals surface area contributed by atoms with Crippen LogP contribution in [0.15, 0.2) is 6.20 Å². The lowest BCUT2D eigenvalue weighted by Crippen LogP contribution is -2.55. The number of nitrogens with one attached hydrogen (secondary N) is 1. The van der Waals surface area contributed by atoms with E-state index in [0.29, 0.717) is 11.4 Å². The van der Waals surface area contributed by atoms with E-state index in [4.69, 9.17) is 16.3 Å². The zero-order valence-corrected chi connectivity index (χ0v) is 13.0. The van der Waals surface area contributed by atoms with Gasteiger partial charge >= 0.3 is 5.97 Å². The van der Waals surface area contributed by atoms with Crippen molar-refractivity contribution < 1.29 is 9.53 Å². The van der Waals surface area contributed by atoms with Crippen LogP contribution in [0.5, 0.6) is 0 Å². The molecule has 0 amide bonds. The van der Waals surface area contributed by atoms with Crippen molar-refractivity contribution in [1.82, 2.24) is 15.1 Å². The molecule has 0 aromatic carbocycles. The largest absolute Gasteiger partial charge is 0.468 e. The van der Waals surface area contributed by atoms with Gasteiger partial charge in [0, 0.05) is 6.20 Å². The minimum absolute atomic E-state index is 0.174. The minimum atomic E-state index is -0.598. The van der Waals surface area contributed by atoms with Gasteiger partial charge in [0.15, 0.2) is 0 Å². The number of esters is 1. The third-order valence-corrected chi connectivity index (χ3v) is 4.42. The van der Waals surface area contributed by atoms with Crippen LogP contribution in [0.25, 0.3) is 0 Å². The average Bonchev–Trinajstić information content (AvgIpc) is 2.78. The molecule has 1 aromatic heterocycles. The lowest BCUT2D eigenvalue weighted by molar-refractivity contribution is -0.150. The van der Waals surface area contributed by atoms with Crippen LogP contribution in [-0.2, 0) is 9.53 Å². The Morgan fingerprint density at radius 3 is 3.00 bits per heavy atom. The Bertz CT molecular complexity index is 465. The number of methoxy groups -OCH3 is 1. The second kappa shape index (κ2) is 6.14. The van der Waals surface area contributed by atoms with Gasteiger partial charge in [-0.25, -0.2) is 0 Å². The summed E-state index contributed by atoms with van der Waals surface area (Å²) in [4.78, 5) is 12.2. The Balaban J connectivity index is 2.23. The molecule has 112 valence electrons. The number of aryl methyl sites for hydroxylation is 1. The number of carbonyl (C=O) groups is 1. The van der Waals surface area contributed by atoms with Crippen molar-refractivity contribution in [1.29, 1.82) is 0 Å². The second-order valence-corrected chi connectivity index (χ2v) is 5.80. The van der Waals surface area contributed by atoms with Crippen molar-refractivity contribution in [3.05, 3.63) is 16.9 Å². The van der Waals surface area contributed by atoms with E-state index in [2.05, 4.69) is 10.4 Å². The highest BCUT2D eigenvalue weighted by molar-refractivity contribution is 6.31. The van der Waals surface area contributed by atoms with E-state index in [0.717, 1.165) is 31.5 Å². The van der Waals surface area contributed by atoms with Gasteiger partial charge in [-0.15, -0.1) is 0 Å². The second-order valence-electron chi connectivity index (χ2n) is 5.40. The SMILES string of the molecule is CCNC1(C(=O)OC)CCCC(n2cc(Cl)c(C)n2)C1. The van der Waals surface area contributed by atoms with Gasteiger partial charge in [0.05, 0.1) is 23.9 Å². The van der Waals surface area contributed by atoms with Gasteiger partial charge in [-0.05, 0) is 39.2 Å². The van der Waals surface area contributed by atoms with E-state index >= 15 is 0 Å². The third-order valence-electron chi connectivity index (χ3n) is 4.05. The van der Waals surface area contributed by atoms with Crippen molar-refractivity contribution in [2.75, 3.05) is 13.7 Å². The van der Waals surface area contributed by atoms with Crippen molar-refractivity contribution in [2.24, 2.45) is 0 Å². The molecule has 1 heterocycles. The average molecular weight is 300 g/mol. The zero-order valence-electron chi connectivity index (χ0n) is 12.3. The summed E-state index contributed by atoms with van der Waals surface area (Å²) in [5, 5.41) is 8.44. The first-order valence-electron chi connectivity index (χ1n) is 7.07. The van der Waals surface area contributed by atoms with Gasteiger partial charge in [0.25, 0.3) is 0 Å². The van der Waals surface area contributed by atoms with Gasteiger partial charge in [-0.1, -0.05) is 18.5 Å². The summed E-state index contributed by atoms with van der Waals surface area (Å²) in [7, 11) is 1.44. The molecule has 6 heteroatoms. The van der Waals surface area contributed by atoms with Crippen LogP contribution in [0.3, 0.4) is 0 Å². The van der Waals surface area contributed by atoms with E-state index < -0.39 is 5.54 Å². The van der Waals surface area contributed by atoms with Crippen molar-refractivity contribution in [3.8, 4) is 0 Å². The first kappa shape index (κ1) is 15.3. The standard InChI is InChI=1S/C14H22ClN3O2/c1-4-16-14(13(19)20-3)7-5-6-11(8-14)18-9-12(15)10(2)17-18/h9,11,16H,4-8H2,1-3H3. The highest BCUT2D eigenvalue weighted by atomic mass is 35.5. The van der Waals surface area contributed by atoms with E-state index in [-0.39, 0.29) is 12.0 Å². The first-order valence-corrected chi connectivity index (χ1v) is 7.45. The number of likely N-dealkylation sites (N-methyl/N-ethyl adjacent to an activating group) is 1. The molecule has 20 heavy (non-hydrogen) atoms. The molecular weight excluding hydrogens is 278 g/mol. The van der Waals surface area contributed by atoms with Gasteiger partial charge in [0.2, 0.25) is 0 Å². The van der Waals surface area contributed by atoms with Crippen LogP contribution in [-0.4, -0.2) is 34.9 Å². The maximum atomic E-state index is 12.2. The molecule has 1 N–H and O–H groups in total. The molecular formula is C14H22ClN3O2. The molecule has 0 spiro atoms. The summed E-state index contributed by atoms with van der Waals surface area (Å²) in [5.41, 5.74) is 0.225. The van der Waals surface area contributed by atoms with Crippen LogP contribution in [0.1, 0.15) is 44.3 Å². The molecule has 1 aliphatic carbocycles. The predicted octanol–water partition coefficient (Wildman–Crippen LogP) is 2.48. The minimum Gasteiger partial charge on any atom is -0.468 e. The van der Waals surface area contributed by atoms with E-state index in [1.54, 1.807) is 0 Å². The van der Waals surface area contributed by atoms with E-state index in [1.165, 1.54) is 7.11 Å². The summed E-state index contributed by atoms with van der Waals surface area (Å²) in [6.07, 6.45) is 5.30. The Labute approximate surface area is 124 Å². The number of nitrogens with zero attached hydrogens (tertiary/aromatic N) is 2. The van der Waals surface area contributed by atoms with Gasteiger partial charge in [0.1, 0.15) is 5.54 Å². The monoisotopic (exact) mass is 299 g/mol. The molecule has 0 saturated heterocycles. The molecule has 0 aliphatic heterocycles. The van der Waals surface area contributed by atoms with Gasteiger partial charge < -0.3 is 10.1 Å². The zero-order chi connectivity index (χ0) is 14.8. The Hall–Kier alpha value is -1.07. The van der Waals surface area contributed by atoms with Crippen LogP contribution in [0.2, 0.25) is 5.02 Å². The number of rotatable bonds is 4. The Morgan fingerprint density at radius 1 is 1.70 bits per heavy atom. The van der Waals surface area contributed by atoms with Crippen LogP contribution in [0.4, 0.5) is 0 Å². The molecule has 5 nitrogen and oxygen atoms in total. The van der Waals surface area contributed by atoms with Crippen LogP contribution >= 0.6 is 11.6 Å². The van der Waals surface area contributed by atoms with E-state index in [1.807, 2.05) is 24.7 Å². The lowest BCUT2D eigenvalue weighted by atomic mass is 9.79. The summed E-state index contributed by atoms with van der Waals surface area (Å²) < 4.78 is 6.90. The Kier molecular flexibility index (Phi) is 4.70. The highest BCUT2D eigenvalue weighted by Gasteiger charge is 2.43. The maximum absolute atomic E-state index is 12.2. The van der Waals surface area contributed by atoms with Crippen molar-refractivity contribution >= 4 is 17.6 Å². The summed E-state index contributed by atoms with van der Waals surface area (Å²) >= 11 is 6.08. The molecule has 1 aromatic rings. The number of halogens is 1. The number of aromatic nitrogens is 2. The molecule has 1 aliphatic rings. The maximum Gasteiger partial charge on any atom is 0.326 e. The molecule has 2 rings (SSSR count). The molecule has 1 saturated carbocycles. The van der Waals surface area contributed by atoms with Crippen molar-refractivity contribution in [2.45, 2.75) is 51.1 Å². The van der Waals surface area contributed by atoms with Crippen molar-refractivity contribution in [3.63, 3.8) is 0 Å². The fourth-order valence-corrected chi connectivity index (χ4v) is 3.21. The lowest BCUT2D eigenvalue weighted by Gasteiger charge is -2.39. The summed E-state index contributed by atoms with van der Waals surface area (Å²) in [6.45, 7) is 4.63. The molecule has 0 bridgehead atoms. The fraction of sp³-hybridized carbons (Fsp3) is 0.714. The first-order chi connectivity index (χ1) is 9.52. The number of ether oxygens (including phenoxy) is 1. The summed E-state index contributed by atoms with van der Waals surface area (Å²) in [5.74, 6) is -0.181. The van der Waals surface area contributed by atoms with Crippen LogP contribution in [0, 0.1) is 6.92 Å². The topological polar surface area (TPSA) is 56.1 Å².